The van der Waals surface area contributed by atoms with Gasteiger partial charge in [0.05, 0.1) is 0 Å². The molecule has 0 saturated heterocycles. The maximum absolute atomic E-state index is 12.0. The Kier molecular flexibility index (Phi) is 4.18. The van der Waals surface area contributed by atoms with Gasteiger partial charge in [0, 0.05) is 0 Å². The fraction of sp³-hybridized carbons (Fsp3) is 0.176. The van der Waals surface area contributed by atoms with Gasteiger partial charge < -0.3 is 0 Å². The van der Waals surface area contributed by atoms with Crippen molar-refractivity contribution < 1.29 is 9.53 Å². The molecule has 2 aromatic carbocycles. The number of aliphatic imine (C=N–C) groups is 1. The Balaban J connectivity index is 1.85. The first-order chi connectivity index (χ1) is 10.3. The molecule has 1 atom stereocenters. The summed E-state index contributed by atoms with van der Waals surface area (Å²) < 4.78 is 6.13. The Morgan fingerprint density at radius 3 is 2.48 bits per heavy atom. The van der Waals surface area contributed by atoms with Crippen LogP contribution >= 0.6 is 0 Å². The van der Waals surface area contributed by atoms with E-state index in [1.807, 2.05) is 54.6 Å². The Bertz CT molecular complexity index is 665. The third-order valence-corrected chi connectivity index (χ3v) is 6.02. The normalized spacial score (nSPS) is 18.2. The van der Waals surface area contributed by atoms with E-state index in [4.69, 9.17) is 4.74 Å². The zero-order valence-corrected chi connectivity index (χ0v) is 13.4. The first-order valence-electron chi connectivity index (χ1n) is 6.74. The zero-order valence-electron chi connectivity index (χ0n) is 11.7. The summed E-state index contributed by atoms with van der Waals surface area (Å²) in [5.41, 5.74) is 2.25. The number of amides is 1. The van der Waals surface area contributed by atoms with Crippen LogP contribution in [0.3, 0.4) is 0 Å². The first kappa shape index (κ1) is 14.1. The molecule has 0 aliphatic carbocycles. The van der Waals surface area contributed by atoms with E-state index >= 15 is 0 Å². The molecule has 2 aromatic rings. The second-order valence-corrected chi connectivity index (χ2v) is 7.26. The SMILES string of the molecule is COc1ccc([C@H]2CC(=O)N=C(c3ccccc3)[Se]2)cc1. The van der Waals surface area contributed by atoms with Crippen molar-refractivity contribution in [2.75, 3.05) is 7.11 Å². The predicted octanol–water partition coefficient (Wildman–Crippen LogP) is 2.82. The summed E-state index contributed by atoms with van der Waals surface area (Å²) in [5, 5.41) is 0. The van der Waals surface area contributed by atoms with Gasteiger partial charge >= 0.3 is 130 Å². The molecule has 0 unspecified atom stereocenters. The molecule has 21 heavy (non-hydrogen) atoms. The Labute approximate surface area is 130 Å². The molecule has 1 aliphatic heterocycles. The quantitative estimate of drug-likeness (QED) is 0.803. The average Bonchev–Trinajstić information content (AvgIpc) is 2.55. The topological polar surface area (TPSA) is 38.7 Å². The van der Waals surface area contributed by atoms with Crippen LogP contribution in [0.4, 0.5) is 0 Å². The molecular weight excluding hydrogens is 329 g/mol. The van der Waals surface area contributed by atoms with Gasteiger partial charge in [0.1, 0.15) is 0 Å². The molecule has 106 valence electrons. The number of methoxy groups -OCH3 is 1. The van der Waals surface area contributed by atoms with Gasteiger partial charge in [-0.15, -0.1) is 0 Å². The molecule has 0 aromatic heterocycles. The molecule has 0 spiro atoms. The summed E-state index contributed by atoms with van der Waals surface area (Å²) >= 11 is 0.157. The number of hydrogen-bond donors (Lipinski definition) is 0. The van der Waals surface area contributed by atoms with Crippen LogP contribution in [0.25, 0.3) is 0 Å². The van der Waals surface area contributed by atoms with Crippen LogP contribution in [0, 0.1) is 0 Å². The fourth-order valence-electron chi connectivity index (χ4n) is 2.24. The Hall–Kier alpha value is -1.90. The van der Waals surface area contributed by atoms with Crippen LogP contribution in [0.15, 0.2) is 59.6 Å². The molecule has 0 N–H and O–H groups in total. The van der Waals surface area contributed by atoms with Gasteiger partial charge in [-0.25, -0.2) is 0 Å². The van der Waals surface area contributed by atoms with Gasteiger partial charge in [-0.1, -0.05) is 0 Å². The molecule has 3 nitrogen and oxygen atoms in total. The third-order valence-electron chi connectivity index (χ3n) is 3.35. The number of carbonyl (C=O) groups excluding carboxylic acids is 1. The van der Waals surface area contributed by atoms with E-state index in [9.17, 15) is 4.79 Å². The van der Waals surface area contributed by atoms with E-state index in [0.29, 0.717) is 6.42 Å². The summed E-state index contributed by atoms with van der Waals surface area (Å²) in [5.74, 6) is 0.813. The van der Waals surface area contributed by atoms with Crippen molar-refractivity contribution in [1.29, 1.82) is 0 Å². The van der Waals surface area contributed by atoms with Crippen molar-refractivity contribution in [3.05, 3.63) is 65.7 Å². The fourth-order valence-corrected chi connectivity index (χ4v) is 4.79. The van der Waals surface area contributed by atoms with Gasteiger partial charge in [0.15, 0.2) is 0 Å². The van der Waals surface area contributed by atoms with Crippen molar-refractivity contribution in [1.82, 2.24) is 0 Å². The number of ether oxygens (including phenoxy) is 1. The molecule has 1 aliphatic rings. The van der Waals surface area contributed by atoms with Crippen molar-refractivity contribution >= 4 is 25.5 Å². The summed E-state index contributed by atoms with van der Waals surface area (Å²) in [7, 11) is 1.66. The molecule has 1 amide bonds. The minimum absolute atomic E-state index is 0.0252. The molecule has 4 heteroatoms. The molecular formula is C17H15NO2Se. The van der Waals surface area contributed by atoms with Gasteiger partial charge in [-0.3, -0.25) is 0 Å². The molecule has 3 rings (SSSR count). The predicted molar refractivity (Wildman–Crippen MR) is 84.1 cm³/mol. The maximum atomic E-state index is 12.0. The molecule has 0 radical (unpaired) electrons. The third kappa shape index (κ3) is 3.23. The van der Waals surface area contributed by atoms with Crippen LogP contribution < -0.4 is 4.74 Å². The average molecular weight is 344 g/mol. The Morgan fingerprint density at radius 2 is 1.81 bits per heavy atom. The van der Waals surface area contributed by atoms with E-state index in [1.165, 1.54) is 5.56 Å². The van der Waals surface area contributed by atoms with Crippen LogP contribution in [0.2, 0.25) is 0 Å². The van der Waals surface area contributed by atoms with Crippen LogP contribution in [-0.4, -0.2) is 32.6 Å². The summed E-state index contributed by atoms with van der Waals surface area (Å²) in [6.07, 6.45) is 0.503. The van der Waals surface area contributed by atoms with Crippen molar-refractivity contribution in [2.45, 2.75) is 11.2 Å². The van der Waals surface area contributed by atoms with E-state index in [2.05, 4.69) is 4.99 Å². The van der Waals surface area contributed by atoms with E-state index in [0.717, 1.165) is 15.9 Å². The van der Waals surface area contributed by atoms with Crippen LogP contribution in [0.5, 0.6) is 5.75 Å². The molecule has 0 fully saturated rings. The first-order valence-corrected chi connectivity index (χ1v) is 8.58. The van der Waals surface area contributed by atoms with Crippen molar-refractivity contribution in [3.63, 3.8) is 0 Å². The summed E-state index contributed by atoms with van der Waals surface area (Å²) in [6.45, 7) is 0. The number of nitrogens with zero attached hydrogens (tertiary/aromatic N) is 1. The Morgan fingerprint density at radius 1 is 1.10 bits per heavy atom. The molecule has 0 bridgehead atoms. The van der Waals surface area contributed by atoms with Crippen LogP contribution in [0.1, 0.15) is 22.4 Å². The van der Waals surface area contributed by atoms with E-state index < -0.39 is 0 Å². The zero-order chi connectivity index (χ0) is 14.7. The standard InChI is InChI=1S/C17H15NO2Se/c1-20-14-9-7-12(8-10-14)15-11-16(19)18-17(21-15)13-5-3-2-4-6-13/h2-10,15H,11H2,1H3/t15-/m1/s1. The van der Waals surface area contributed by atoms with Crippen molar-refractivity contribution in [2.24, 2.45) is 4.99 Å². The monoisotopic (exact) mass is 345 g/mol. The minimum atomic E-state index is -0.0252. The van der Waals surface area contributed by atoms with Gasteiger partial charge in [-0.05, 0) is 0 Å². The second kappa shape index (κ2) is 6.25. The molecule has 1 heterocycles. The van der Waals surface area contributed by atoms with Crippen molar-refractivity contribution in [3.8, 4) is 5.75 Å². The number of rotatable bonds is 3. The second-order valence-electron chi connectivity index (χ2n) is 4.76. The summed E-state index contributed by atoms with van der Waals surface area (Å²) in [4.78, 5) is 16.4. The van der Waals surface area contributed by atoms with Gasteiger partial charge in [-0.2, -0.15) is 0 Å². The van der Waals surface area contributed by atoms with Gasteiger partial charge in [0.25, 0.3) is 0 Å². The molecule has 0 saturated carbocycles. The number of carbonyl (C=O) groups is 1. The van der Waals surface area contributed by atoms with Crippen LogP contribution in [-0.2, 0) is 4.79 Å². The number of hydrogen-bond acceptors (Lipinski definition) is 2. The van der Waals surface area contributed by atoms with Gasteiger partial charge in [0.2, 0.25) is 0 Å². The number of benzene rings is 2. The summed E-state index contributed by atoms with van der Waals surface area (Å²) in [6, 6.07) is 18.0. The van der Waals surface area contributed by atoms with E-state index in [-0.39, 0.29) is 25.7 Å². The van der Waals surface area contributed by atoms with E-state index in [1.54, 1.807) is 7.11 Å².